The summed E-state index contributed by atoms with van der Waals surface area (Å²) in [6, 6.07) is 6.19. The van der Waals surface area contributed by atoms with E-state index >= 15 is 0 Å². The zero-order valence-electron chi connectivity index (χ0n) is 10.1. The summed E-state index contributed by atoms with van der Waals surface area (Å²) in [5, 5.41) is 5.34. The molecular formula is C13H14N4S. The third-order valence-corrected chi connectivity index (χ3v) is 3.72. The van der Waals surface area contributed by atoms with Gasteiger partial charge in [-0.15, -0.1) is 11.3 Å². The molecule has 0 aliphatic heterocycles. The van der Waals surface area contributed by atoms with E-state index in [1.54, 1.807) is 11.3 Å². The maximum Gasteiger partial charge on any atom is 0.193 e. The van der Waals surface area contributed by atoms with Crippen LogP contribution < -0.4 is 5.32 Å². The predicted molar refractivity (Wildman–Crippen MR) is 72.8 cm³/mol. The second-order valence-corrected chi connectivity index (χ2v) is 5.00. The first-order valence-corrected chi connectivity index (χ1v) is 6.74. The Morgan fingerprint density at radius 1 is 1.44 bits per heavy atom. The largest absolute Gasteiger partial charge is 0.311 e. The van der Waals surface area contributed by atoms with E-state index in [4.69, 9.17) is 0 Å². The number of hydrogen-bond donors (Lipinski definition) is 1. The van der Waals surface area contributed by atoms with Gasteiger partial charge in [-0.25, -0.2) is 4.98 Å². The Hall–Kier alpha value is -1.72. The summed E-state index contributed by atoms with van der Waals surface area (Å²) >= 11 is 1.65. The molecule has 0 aliphatic carbocycles. The lowest BCUT2D eigenvalue weighted by Crippen LogP contribution is -2.20. The van der Waals surface area contributed by atoms with Crippen molar-refractivity contribution in [1.29, 1.82) is 0 Å². The summed E-state index contributed by atoms with van der Waals surface area (Å²) in [4.78, 5) is 10.0. The predicted octanol–water partition coefficient (Wildman–Crippen LogP) is 2.29. The molecule has 5 heteroatoms. The van der Waals surface area contributed by atoms with Crippen molar-refractivity contribution in [3.8, 4) is 0 Å². The summed E-state index contributed by atoms with van der Waals surface area (Å²) in [6.07, 6.45) is 6.79. The Morgan fingerprint density at radius 3 is 3.11 bits per heavy atom. The number of likely N-dealkylation sites (N-methyl/N-ethyl adjacent to an activating group) is 1. The Kier molecular flexibility index (Phi) is 3.08. The lowest BCUT2D eigenvalue weighted by atomic mass is 10.1. The monoisotopic (exact) mass is 258 g/mol. The van der Waals surface area contributed by atoms with Crippen LogP contribution in [0.4, 0.5) is 0 Å². The van der Waals surface area contributed by atoms with Crippen molar-refractivity contribution < 1.29 is 0 Å². The molecule has 92 valence electrons. The molecule has 3 heterocycles. The van der Waals surface area contributed by atoms with Crippen molar-refractivity contribution in [2.24, 2.45) is 0 Å². The first kappa shape index (κ1) is 11.4. The fraction of sp³-hybridized carbons (Fsp3) is 0.231. The van der Waals surface area contributed by atoms with Gasteiger partial charge in [-0.1, -0.05) is 6.07 Å². The van der Waals surface area contributed by atoms with Gasteiger partial charge in [-0.3, -0.25) is 9.38 Å². The average Bonchev–Trinajstić information content (AvgIpc) is 2.97. The average molecular weight is 258 g/mol. The highest BCUT2D eigenvalue weighted by molar-refractivity contribution is 7.15. The molecule has 3 aromatic heterocycles. The van der Waals surface area contributed by atoms with Gasteiger partial charge in [0.05, 0.1) is 17.4 Å². The molecule has 3 rings (SSSR count). The summed E-state index contributed by atoms with van der Waals surface area (Å²) in [5.41, 5.74) is 2.14. The molecule has 4 nitrogen and oxygen atoms in total. The molecule has 0 radical (unpaired) electrons. The Labute approximate surface area is 109 Å². The topological polar surface area (TPSA) is 42.2 Å². The quantitative estimate of drug-likeness (QED) is 0.780. The van der Waals surface area contributed by atoms with Gasteiger partial charge in [0.25, 0.3) is 0 Å². The number of hydrogen-bond acceptors (Lipinski definition) is 4. The standard InChI is InChI=1S/C13H14N4S/c1-14-12(11-4-2-3-5-15-11)8-10-9-17-6-7-18-13(17)16-10/h2-7,9,12,14H,8H2,1H3. The van der Waals surface area contributed by atoms with Crippen LogP contribution in [-0.4, -0.2) is 21.4 Å². The fourth-order valence-electron chi connectivity index (χ4n) is 2.02. The van der Waals surface area contributed by atoms with Crippen molar-refractivity contribution in [2.75, 3.05) is 7.05 Å². The van der Waals surface area contributed by atoms with Crippen molar-refractivity contribution in [3.63, 3.8) is 0 Å². The molecule has 0 saturated carbocycles. The van der Waals surface area contributed by atoms with Gasteiger partial charge in [-0.05, 0) is 19.2 Å². The number of imidazole rings is 1. The van der Waals surface area contributed by atoms with Crippen LogP contribution in [0.5, 0.6) is 0 Å². The van der Waals surface area contributed by atoms with E-state index in [0.717, 1.165) is 22.8 Å². The minimum absolute atomic E-state index is 0.204. The van der Waals surface area contributed by atoms with Gasteiger partial charge in [0.1, 0.15) is 0 Å². The highest BCUT2D eigenvalue weighted by Crippen LogP contribution is 2.18. The summed E-state index contributed by atoms with van der Waals surface area (Å²) in [7, 11) is 1.96. The van der Waals surface area contributed by atoms with Crippen LogP contribution in [-0.2, 0) is 6.42 Å². The molecule has 0 saturated heterocycles. The van der Waals surface area contributed by atoms with Gasteiger partial charge in [-0.2, -0.15) is 0 Å². The molecule has 0 amide bonds. The smallest absolute Gasteiger partial charge is 0.193 e. The molecule has 0 fully saturated rings. The zero-order chi connectivity index (χ0) is 12.4. The normalized spacial score (nSPS) is 12.9. The number of aromatic nitrogens is 3. The summed E-state index contributed by atoms with van der Waals surface area (Å²) < 4.78 is 2.06. The first-order chi connectivity index (χ1) is 8.86. The summed E-state index contributed by atoms with van der Waals surface area (Å²) in [5.74, 6) is 0. The van der Waals surface area contributed by atoms with Crippen LogP contribution in [0.25, 0.3) is 4.96 Å². The van der Waals surface area contributed by atoms with Gasteiger partial charge >= 0.3 is 0 Å². The van der Waals surface area contributed by atoms with Crippen LogP contribution in [0, 0.1) is 0 Å². The van der Waals surface area contributed by atoms with Crippen molar-refractivity contribution >= 4 is 16.3 Å². The van der Waals surface area contributed by atoms with Crippen LogP contribution in [0.15, 0.2) is 42.2 Å². The molecule has 1 unspecified atom stereocenters. The molecule has 18 heavy (non-hydrogen) atoms. The molecule has 0 bridgehead atoms. The lowest BCUT2D eigenvalue weighted by Gasteiger charge is -2.13. The molecule has 3 aromatic rings. The number of nitrogens with zero attached hydrogens (tertiary/aromatic N) is 3. The van der Waals surface area contributed by atoms with E-state index in [1.165, 1.54) is 0 Å². The Morgan fingerprint density at radius 2 is 2.39 bits per heavy atom. The minimum atomic E-state index is 0.204. The maximum atomic E-state index is 4.60. The molecular weight excluding hydrogens is 244 g/mol. The number of rotatable bonds is 4. The molecule has 0 aliphatic rings. The third-order valence-electron chi connectivity index (χ3n) is 2.95. The van der Waals surface area contributed by atoms with Gasteiger partial charge < -0.3 is 5.32 Å². The molecule has 0 aromatic carbocycles. The number of pyridine rings is 1. The van der Waals surface area contributed by atoms with Crippen molar-refractivity contribution in [3.05, 3.63) is 53.6 Å². The van der Waals surface area contributed by atoms with E-state index < -0.39 is 0 Å². The van der Waals surface area contributed by atoms with Crippen molar-refractivity contribution in [2.45, 2.75) is 12.5 Å². The Bertz CT molecular complexity index is 600. The number of thiazole rings is 1. The van der Waals surface area contributed by atoms with Crippen LogP contribution in [0.3, 0.4) is 0 Å². The van der Waals surface area contributed by atoms with Gasteiger partial charge in [0.2, 0.25) is 0 Å². The second kappa shape index (κ2) is 4.88. The van der Waals surface area contributed by atoms with Crippen LogP contribution in [0.2, 0.25) is 0 Å². The number of nitrogens with one attached hydrogen (secondary N) is 1. The van der Waals surface area contributed by atoms with Crippen molar-refractivity contribution in [1.82, 2.24) is 19.7 Å². The first-order valence-electron chi connectivity index (χ1n) is 5.86. The lowest BCUT2D eigenvalue weighted by molar-refractivity contribution is 0.570. The van der Waals surface area contributed by atoms with Gasteiger partial charge in [0, 0.05) is 30.4 Å². The highest BCUT2D eigenvalue weighted by Gasteiger charge is 2.13. The SMILES string of the molecule is CNC(Cc1cn2ccsc2n1)c1ccccn1. The zero-order valence-corrected chi connectivity index (χ0v) is 10.9. The second-order valence-electron chi connectivity index (χ2n) is 4.13. The van der Waals surface area contributed by atoms with E-state index in [2.05, 4.69) is 25.9 Å². The molecule has 0 spiro atoms. The van der Waals surface area contributed by atoms with E-state index in [9.17, 15) is 0 Å². The Balaban J connectivity index is 1.84. The minimum Gasteiger partial charge on any atom is -0.311 e. The van der Waals surface area contributed by atoms with Gasteiger partial charge in [0.15, 0.2) is 4.96 Å². The molecule has 1 N–H and O–H groups in total. The third kappa shape index (κ3) is 2.14. The number of fused-ring (bicyclic) bond motifs is 1. The van der Waals surface area contributed by atoms with Crippen LogP contribution in [0.1, 0.15) is 17.4 Å². The van der Waals surface area contributed by atoms with E-state index in [1.807, 2.05) is 43.0 Å². The van der Waals surface area contributed by atoms with Crippen LogP contribution >= 0.6 is 11.3 Å². The maximum absolute atomic E-state index is 4.60. The molecule has 1 atom stereocenters. The van der Waals surface area contributed by atoms with E-state index in [-0.39, 0.29) is 6.04 Å². The fourth-order valence-corrected chi connectivity index (χ4v) is 2.74. The highest BCUT2D eigenvalue weighted by atomic mass is 32.1. The van der Waals surface area contributed by atoms with E-state index in [0.29, 0.717) is 0 Å². The summed E-state index contributed by atoms with van der Waals surface area (Å²) in [6.45, 7) is 0.